The van der Waals surface area contributed by atoms with Gasteiger partial charge < -0.3 is 15.0 Å². The second kappa shape index (κ2) is 11.4. The molecule has 0 spiro atoms. The van der Waals surface area contributed by atoms with E-state index in [0.29, 0.717) is 16.1 Å². The molecule has 1 aliphatic heterocycles. The lowest BCUT2D eigenvalue weighted by Gasteiger charge is -2.36. The number of aromatic amines is 1. The number of carbonyl (C=O) groups is 1. The molecule has 0 unspecified atom stereocenters. The Balaban J connectivity index is 1.06. The number of piperazine rings is 1. The van der Waals surface area contributed by atoms with Crippen molar-refractivity contribution in [1.82, 2.24) is 14.9 Å². The van der Waals surface area contributed by atoms with Crippen LogP contribution in [0.25, 0.3) is 10.9 Å². The number of benzene rings is 2. The van der Waals surface area contributed by atoms with Gasteiger partial charge in [-0.15, -0.1) is 11.3 Å². The van der Waals surface area contributed by atoms with Crippen LogP contribution in [0.1, 0.15) is 39.3 Å². The Labute approximate surface area is 224 Å². The fraction of sp³-hybridized carbons (Fsp3) is 0.321. The summed E-state index contributed by atoms with van der Waals surface area (Å²) >= 11 is 2.74. The van der Waals surface area contributed by atoms with Crippen molar-refractivity contribution in [1.29, 1.82) is 5.26 Å². The molecule has 1 saturated heterocycles. The first-order chi connectivity index (χ1) is 18.0. The molecule has 0 radical (unpaired) electrons. The molecule has 0 amide bonds. The molecule has 9 heteroatoms. The van der Waals surface area contributed by atoms with E-state index in [2.05, 4.69) is 56.3 Å². The van der Waals surface area contributed by atoms with Crippen LogP contribution in [-0.4, -0.2) is 58.7 Å². The third kappa shape index (κ3) is 5.99. The van der Waals surface area contributed by atoms with Crippen LogP contribution < -0.4 is 4.90 Å². The maximum Gasteiger partial charge on any atom is 0.347 e. The molecule has 2 N–H and O–H groups in total. The Morgan fingerprint density at radius 3 is 2.65 bits per heavy atom. The van der Waals surface area contributed by atoms with Gasteiger partial charge in [0.1, 0.15) is 4.88 Å². The quantitative estimate of drug-likeness (QED) is 0.264. The van der Waals surface area contributed by atoms with Gasteiger partial charge in [0, 0.05) is 53.9 Å². The van der Waals surface area contributed by atoms with Gasteiger partial charge in [-0.25, -0.2) is 9.78 Å². The molecule has 0 saturated carbocycles. The highest BCUT2D eigenvalue weighted by atomic mass is 32.2. The van der Waals surface area contributed by atoms with Crippen LogP contribution in [0.4, 0.5) is 5.69 Å². The number of nitrogens with one attached hydrogen (secondary N) is 1. The van der Waals surface area contributed by atoms with Gasteiger partial charge in [-0.3, -0.25) is 4.90 Å². The number of carboxylic acid groups (broad SMARTS) is 1. The summed E-state index contributed by atoms with van der Waals surface area (Å²) in [5.74, 6) is -0.916. The molecule has 1 fully saturated rings. The number of aromatic nitrogens is 2. The number of fused-ring (bicyclic) bond motifs is 1. The van der Waals surface area contributed by atoms with Crippen LogP contribution in [0.15, 0.2) is 57.9 Å². The van der Waals surface area contributed by atoms with Gasteiger partial charge in [0.05, 0.1) is 17.3 Å². The molecule has 1 aliphatic rings. The number of aryl methyl sites for hydroxylation is 2. The zero-order valence-corrected chi connectivity index (χ0v) is 22.4. The Kier molecular flexibility index (Phi) is 7.79. The summed E-state index contributed by atoms with van der Waals surface area (Å²) in [7, 11) is 0. The van der Waals surface area contributed by atoms with Crippen LogP contribution in [0.5, 0.6) is 0 Å². The number of rotatable bonds is 9. The van der Waals surface area contributed by atoms with Crippen molar-refractivity contribution in [3.63, 3.8) is 0 Å². The van der Waals surface area contributed by atoms with Crippen molar-refractivity contribution in [2.24, 2.45) is 0 Å². The minimum absolute atomic E-state index is 0.309. The second-order valence-corrected chi connectivity index (χ2v) is 11.6. The van der Waals surface area contributed by atoms with Crippen LogP contribution in [-0.2, 0) is 6.42 Å². The standard InChI is InChI=1S/C28H29N5O2S2/c1-19-26(27(34)35)37-28(31-19)36-23-8-6-22(7-9-23)33-14-12-32(13-15-33)11-3-2-4-21-18-30-25-10-5-20(17-29)16-24(21)25/h5-10,16,18,30H,2-4,11-15H2,1H3,(H,34,35). The minimum atomic E-state index is -0.916. The van der Waals surface area contributed by atoms with Gasteiger partial charge in [-0.2, -0.15) is 5.26 Å². The Morgan fingerprint density at radius 1 is 1.16 bits per heavy atom. The number of H-pyrrole nitrogens is 1. The number of carboxylic acids is 1. The summed E-state index contributed by atoms with van der Waals surface area (Å²) in [6, 6.07) is 16.5. The van der Waals surface area contributed by atoms with Crippen molar-refractivity contribution < 1.29 is 9.90 Å². The highest BCUT2D eigenvalue weighted by molar-refractivity contribution is 8.01. The first-order valence-corrected chi connectivity index (χ1v) is 14.1. The first-order valence-electron chi connectivity index (χ1n) is 12.5. The number of unbranched alkanes of at least 4 members (excludes halogenated alkanes) is 1. The van der Waals surface area contributed by atoms with E-state index >= 15 is 0 Å². The van der Waals surface area contributed by atoms with Gasteiger partial charge >= 0.3 is 5.97 Å². The van der Waals surface area contributed by atoms with E-state index in [0.717, 1.165) is 66.7 Å². The maximum absolute atomic E-state index is 11.3. The molecule has 4 aromatic rings. The number of anilines is 1. The summed E-state index contributed by atoms with van der Waals surface area (Å²) in [5, 5.41) is 19.6. The monoisotopic (exact) mass is 531 g/mol. The van der Waals surface area contributed by atoms with Crippen molar-refractivity contribution in [2.45, 2.75) is 35.4 Å². The molecule has 7 nitrogen and oxygen atoms in total. The van der Waals surface area contributed by atoms with E-state index in [-0.39, 0.29) is 0 Å². The lowest BCUT2D eigenvalue weighted by molar-refractivity contribution is 0.0701. The Morgan fingerprint density at radius 2 is 1.95 bits per heavy atom. The molecule has 2 aromatic carbocycles. The van der Waals surface area contributed by atoms with Gasteiger partial charge in [0.15, 0.2) is 4.34 Å². The second-order valence-electron chi connectivity index (χ2n) is 9.27. The van der Waals surface area contributed by atoms with Crippen LogP contribution in [0.2, 0.25) is 0 Å². The summed E-state index contributed by atoms with van der Waals surface area (Å²) in [4.78, 5) is 25.3. The van der Waals surface area contributed by atoms with Crippen molar-refractivity contribution in [2.75, 3.05) is 37.6 Å². The minimum Gasteiger partial charge on any atom is -0.477 e. The maximum atomic E-state index is 11.3. The van der Waals surface area contributed by atoms with Crippen LogP contribution in [0, 0.1) is 18.3 Å². The lowest BCUT2D eigenvalue weighted by atomic mass is 10.1. The van der Waals surface area contributed by atoms with Crippen molar-refractivity contribution in [3.8, 4) is 6.07 Å². The molecule has 190 valence electrons. The third-order valence-corrected chi connectivity index (χ3v) is 9.03. The molecule has 3 heterocycles. The molecule has 0 aliphatic carbocycles. The Hall–Kier alpha value is -3.32. The highest BCUT2D eigenvalue weighted by Gasteiger charge is 2.18. The molecular formula is C28H29N5O2S2. The van der Waals surface area contributed by atoms with E-state index in [1.165, 1.54) is 39.7 Å². The van der Waals surface area contributed by atoms with Gasteiger partial charge in [-0.1, -0.05) is 11.8 Å². The number of aromatic carboxylic acids is 1. The number of thiazole rings is 1. The first kappa shape index (κ1) is 25.3. The summed E-state index contributed by atoms with van der Waals surface area (Å²) < 4.78 is 0.757. The molecule has 37 heavy (non-hydrogen) atoms. The number of nitrogens with zero attached hydrogens (tertiary/aromatic N) is 4. The average molecular weight is 532 g/mol. The molecule has 5 rings (SSSR count). The van der Waals surface area contributed by atoms with E-state index < -0.39 is 5.97 Å². The molecule has 2 aromatic heterocycles. The SMILES string of the molecule is Cc1nc(Sc2ccc(N3CCN(CCCCc4c[nH]c5ccc(C#N)cc45)CC3)cc2)sc1C(=O)O. The van der Waals surface area contributed by atoms with Gasteiger partial charge in [0.2, 0.25) is 0 Å². The van der Waals surface area contributed by atoms with Gasteiger partial charge in [0.25, 0.3) is 0 Å². The smallest absolute Gasteiger partial charge is 0.347 e. The summed E-state index contributed by atoms with van der Waals surface area (Å²) in [5.41, 5.74) is 4.90. The van der Waals surface area contributed by atoms with Crippen LogP contribution >= 0.6 is 23.1 Å². The summed E-state index contributed by atoms with van der Waals surface area (Å²) in [6.07, 6.45) is 5.41. The number of hydrogen-bond acceptors (Lipinski definition) is 7. The van der Waals surface area contributed by atoms with Gasteiger partial charge in [-0.05, 0) is 80.8 Å². The van der Waals surface area contributed by atoms with E-state index in [1.807, 2.05) is 18.2 Å². The summed E-state index contributed by atoms with van der Waals surface area (Å²) in [6.45, 7) is 7.00. The molecular weight excluding hydrogens is 502 g/mol. The fourth-order valence-electron chi connectivity index (χ4n) is 4.77. The predicted molar refractivity (Wildman–Crippen MR) is 149 cm³/mol. The highest BCUT2D eigenvalue weighted by Crippen LogP contribution is 2.34. The normalized spacial score (nSPS) is 14.2. The molecule has 0 atom stereocenters. The Bertz CT molecular complexity index is 1430. The zero-order chi connectivity index (χ0) is 25.8. The number of hydrogen-bond donors (Lipinski definition) is 2. The average Bonchev–Trinajstić information content (AvgIpc) is 3.49. The fourth-order valence-corrected chi connectivity index (χ4v) is 6.77. The largest absolute Gasteiger partial charge is 0.477 e. The third-order valence-electron chi connectivity index (χ3n) is 6.82. The van der Waals surface area contributed by atoms with Crippen molar-refractivity contribution in [3.05, 3.63) is 70.4 Å². The lowest BCUT2D eigenvalue weighted by Crippen LogP contribution is -2.46. The van der Waals surface area contributed by atoms with E-state index in [9.17, 15) is 15.2 Å². The topological polar surface area (TPSA) is 96.3 Å². The number of nitriles is 1. The zero-order valence-electron chi connectivity index (χ0n) is 20.7. The van der Waals surface area contributed by atoms with Crippen molar-refractivity contribution >= 4 is 45.7 Å². The van der Waals surface area contributed by atoms with E-state index in [1.54, 1.807) is 6.92 Å². The van der Waals surface area contributed by atoms with E-state index in [4.69, 9.17) is 0 Å². The van der Waals surface area contributed by atoms with Crippen LogP contribution in [0.3, 0.4) is 0 Å². The predicted octanol–water partition coefficient (Wildman–Crippen LogP) is 5.80. The molecule has 0 bridgehead atoms.